The van der Waals surface area contributed by atoms with E-state index in [0.29, 0.717) is 37.6 Å². The minimum atomic E-state index is -3.66. The molecule has 2 N–H and O–H groups in total. The molecule has 0 heterocycles. The van der Waals surface area contributed by atoms with Crippen LogP contribution < -0.4 is 10.1 Å². The Bertz CT molecular complexity index is 1500. The molecule has 12 nitrogen and oxygen atoms in total. The molecule has 0 radical (unpaired) electrons. The summed E-state index contributed by atoms with van der Waals surface area (Å²) in [5.41, 5.74) is 1.95. The maximum Gasteiger partial charge on any atom is 0.410 e. The zero-order valence-electron chi connectivity index (χ0n) is 34.6. The lowest BCUT2D eigenvalue weighted by atomic mass is 10.0. The van der Waals surface area contributed by atoms with Crippen LogP contribution in [-0.4, -0.2) is 80.7 Å². The Morgan fingerprint density at radius 1 is 0.821 bits per heavy atom. The van der Waals surface area contributed by atoms with E-state index in [1.54, 1.807) is 31.3 Å². The molecule has 3 aromatic rings. The number of ether oxygens (including phenoxy) is 4. The van der Waals surface area contributed by atoms with Crippen molar-refractivity contribution in [2.45, 2.75) is 92.1 Å². The third-order valence-electron chi connectivity index (χ3n) is 8.36. The van der Waals surface area contributed by atoms with Gasteiger partial charge in [0.05, 0.1) is 13.2 Å². The number of hydrogen-bond donors (Lipinski definition) is 2. The largest absolute Gasteiger partial charge is 0.481 e. The van der Waals surface area contributed by atoms with Gasteiger partial charge in [-0.2, -0.15) is 0 Å². The third-order valence-corrected chi connectivity index (χ3v) is 9.85. The maximum absolute atomic E-state index is 13.7. The molecule has 3 rings (SSSR count). The highest BCUT2D eigenvalue weighted by Gasteiger charge is 2.27. The molecular weight excluding hydrogens is 735 g/mol. The Balaban J connectivity index is 0.000000949. The first-order valence-corrected chi connectivity index (χ1v) is 21.0. The van der Waals surface area contributed by atoms with Crippen LogP contribution in [0.3, 0.4) is 0 Å². The molecular formula is C43H65N2O10P. The second-order valence-electron chi connectivity index (χ2n) is 15.0. The van der Waals surface area contributed by atoms with Crippen molar-refractivity contribution in [3.05, 3.63) is 102 Å². The maximum atomic E-state index is 13.7. The summed E-state index contributed by atoms with van der Waals surface area (Å²) in [7, 11) is -0.175. The molecule has 2 amide bonds. The predicted molar refractivity (Wildman–Crippen MR) is 220 cm³/mol. The fourth-order valence-corrected chi connectivity index (χ4v) is 6.65. The van der Waals surface area contributed by atoms with Crippen molar-refractivity contribution in [3.8, 4) is 5.75 Å². The number of carbonyl (C=O) groups excluding carboxylic acids is 1. The van der Waals surface area contributed by atoms with E-state index in [1.165, 1.54) is 6.42 Å². The number of carboxylic acid groups (broad SMARTS) is 1. The smallest absolute Gasteiger partial charge is 0.410 e. The van der Waals surface area contributed by atoms with Gasteiger partial charge in [0, 0.05) is 46.6 Å². The molecule has 13 heteroatoms. The normalized spacial score (nSPS) is 12.6. The van der Waals surface area contributed by atoms with Crippen molar-refractivity contribution in [2.75, 3.05) is 46.9 Å². The average molecular weight is 801 g/mol. The molecule has 0 aliphatic heterocycles. The van der Waals surface area contributed by atoms with E-state index in [0.717, 1.165) is 36.3 Å². The van der Waals surface area contributed by atoms with Gasteiger partial charge in [-0.15, -0.1) is 0 Å². The Hall–Kier alpha value is -3.93. The van der Waals surface area contributed by atoms with Crippen LogP contribution in [0.1, 0.15) is 77.5 Å². The summed E-state index contributed by atoms with van der Waals surface area (Å²) in [6, 6.07) is 25.5. The molecule has 0 saturated carbocycles. The first-order chi connectivity index (χ1) is 26.6. The second-order valence-corrected chi connectivity index (χ2v) is 17.0. The number of benzene rings is 3. The van der Waals surface area contributed by atoms with E-state index in [9.17, 15) is 19.3 Å². The summed E-state index contributed by atoms with van der Waals surface area (Å²) in [5, 5.41) is 12.0. The third kappa shape index (κ3) is 21.4. The first-order valence-electron chi connectivity index (χ1n) is 19.3. The highest BCUT2D eigenvalue weighted by molar-refractivity contribution is 7.53. The van der Waals surface area contributed by atoms with Crippen molar-refractivity contribution < 1.29 is 47.3 Å². The molecule has 3 aromatic carbocycles. The van der Waals surface area contributed by atoms with Crippen molar-refractivity contribution in [1.29, 1.82) is 0 Å². The van der Waals surface area contributed by atoms with Crippen LogP contribution in [0.2, 0.25) is 0 Å². The highest BCUT2D eigenvalue weighted by Crippen LogP contribution is 2.49. The van der Waals surface area contributed by atoms with E-state index in [-0.39, 0.29) is 25.5 Å². The summed E-state index contributed by atoms with van der Waals surface area (Å²) < 4.78 is 46.7. The second kappa shape index (κ2) is 26.1. The summed E-state index contributed by atoms with van der Waals surface area (Å²) >= 11 is 0. The summed E-state index contributed by atoms with van der Waals surface area (Å²) in [4.78, 5) is 26.0. The fraction of sp³-hybridized carbons (Fsp3) is 0.535. The van der Waals surface area contributed by atoms with Crippen LogP contribution in [0.15, 0.2) is 84.9 Å². The van der Waals surface area contributed by atoms with Gasteiger partial charge < -0.3 is 43.3 Å². The van der Waals surface area contributed by atoms with Crippen molar-refractivity contribution >= 4 is 19.8 Å². The van der Waals surface area contributed by atoms with Crippen molar-refractivity contribution in [3.63, 3.8) is 0 Å². The number of nitrogens with one attached hydrogen (secondary N) is 1. The van der Waals surface area contributed by atoms with Crippen LogP contribution in [0.4, 0.5) is 9.59 Å². The Morgan fingerprint density at radius 2 is 1.39 bits per heavy atom. The summed E-state index contributed by atoms with van der Waals surface area (Å²) in [6.07, 6.45) is 1.24. The molecule has 0 unspecified atom stereocenters. The Labute approximate surface area is 334 Å². The molecule has 0 aromatic heterocycles. The number of hydrogen-bond acceptors (Lipinski definition) is 9. The van der Waals surface area contributed by atoms with Gasteiger partial charge in [-0.05, 0) is 80.7 Å². The topological polar surface area (TPSA) is 142 Å². The van der Waals surface area contributed by atoms with Crippen molar-refractivity contribution in [2.24, 2.45) is 11.8 Å². The van der Waals surface area contributed by atoms with E-state index >= 15 is 0 Å². The lowest BCUT2D eigenvalue weighted by Gasteiger charge is -2.30. The van der Waals surface area contributed by atoms with Gasteiger partial charge in [-0.1, -0.05) is 100.0 Å². The van der Waals surface area contributed by atoms with E-state index < -0.39 is 31.4 Å². The van der Waals surface area contributed by atoms with Crippen LogP contribution in [0, 0.1) is 11.8 Å². The molecule has 56 heavy (non-hydrogen) atoms. The van der Waals surface area contributed by atoms with Crippen LogP contribution >= 0.6 is 7.60 Å². The monoisotopic (exact) mass is 800 g/mol. The quantitative estimate of drug-likeness (QED) is 0.0891. The van der Waals surface area contributed by atoms with Gasteiger partial charge in [0.2, 0.25) is 0 Å². The Kier molecular flexibility index (Phi) is 22.5. The predicted octanol–water partition coefficient (Wildman–Crippen LogP) is 9.81. The molecule has 2 atom stereocenters. The SMILES string of the molecule is CC(C)CN(CC[C@H](Cc1ccc(OCP(=O)(OCc2ccccc2)OCc2ccccc2)cc1)NC(=O)O)C(=O)OC(C)(C)C.CC[C@H](CCOC)COC. The van der Waals surface area contributed by atoms with E-state index in [2.05, 4.69) is 12.2 Å². The fourth-order valence-electron chi connectivity index (χ4n) is 5.43. The summed E-state index contributed by atoms with van der Waals surface area (Å²) in [6.45, 7) is 14.4. The van der Waals surface area contributed by atoms with Crippen LogP contribution in [-0.2, 0) is 47.5 Å². The average Bonchev–Trinajstić information content (AvgIpc) is 3.16. The number of amides is 2. The molecule has 312 valence electrons. The molecule has 0 aliphatic carbocycles. The summed E-state index contributed by atoms with van der Waals surface area (Å²) in [5.74, 6) is 1.35. The van der Waals surface area contributed by atoms with E-state index in [4.69, 9.17) is 28.0 Å². The number of rotatable bonds is 23. The van der Waals surface area contributed by atoms with Crippen molar-refractivity contribution in [1.82, 2.24) is 10.2 Å². The standard InChI is InChI=1S/C35H47N2O8P.C8H18O2/c1-27(2)23-37(34(40)45-35(3,4)5)21-20-31(36-33(38)39)22-28-16-18-32(19-17-28)42-26-46(41,43-24-29-12-8-6-9-13-29)44-25-30-14-10-7-11-15-30;1-4-8(7-10-3)5-6-9-2/h6-19,27,31,36H,20-26H2,1-5H3,(H,38,39);8H,4-7H2,1-3H3/t31-;8-/m11/s1. The number of nitrogens with zero attached hydrogens (tertiary/aromatic N) is 1. The lowest BCUT2D eigenvalue weighted by molar-refractivity contribution is 0.0222. The van der Waals surface area contributed by atoms with Gasteiger partial charge in [-0.25, -0.2) is 9.59 Å². The lowest BCUT2D eigenvalue weighted by Crippen LogP contribution is -2.43. The van der Waals surface area contributed by atoms with E-state index in [1.807, 2.05) is 107 Å². The molecule has 0 spiro atoms. The minimum absolute atomic E-state index is 0.107. The number of methoxy groups -OCH3 is 2. The van der Waals surface area contributed by atoms with Crippen LogP contribution in [0.5, 0.6) is 5.75 Å². The molecule has 0 aliphatic rings. The van der Waals surface area contributed by atoms with Crippen LogP contribution in [0.25, 0.3) is 0 Å². The van der Waals surface area contributed by atoms with Gasteiger partial charge in [0.1, 0.15) is 11.4 Å². The van der Waals surface area contributed by atoms with Gasteiger partial charge in [0.15, 0.2) is 6.35 Å². The molecule has 0 saturated heterocycles. The van der Waals surface area contributed by atoms with Gasteiger partial charge in [0.25, 0.3) is 0 Å². The molecule has 0 bridgehead atoms. The van der Waals surface area contributed by atoms with Gasteiger partial charge >= 0.3 is 19.8 Å². The highest BCUT2D eigenvalue weighted by atomic mass is 31.2. The first kappa shape index (κ1) is 48.2. The van der Waals surface area contributed by atoms with Gasteiger partial charge in [-0.3, -0.25) is 4.57 Å². The Morgan fingerprint density at radius 3 is 1.86 bits per heavy atom. The number of carbonyl (C=O) groups is 2. The zero-order chi connectivity index (χ0) is 41.4. The minimum Gasteiger partial charge on any atom is -0.481 e. The zero-order valence-corrected chi connectivity index (χ0v) is 35.5. The molecule has 0 fully saturated rings.